The zero-order valence-electron chi connectivity index (χ0n) is 8.41. The number of carboxylic acids is 1. The van der Waals surface area contributed by atoms with E-state index in [1.54, 1.807) is 0 Å². The van der Waals surface area contributed by atoms with E-state index in [2.05, 4.69) is 4.98 Å². The average molecular weight is 268 g/mol. The van der Waals surface area contributed by atoms with Gasteiger partial charge in [-0.1, -0.05) is 0 Å². The summed E-state index contributed by atoms with van der Waals surface area (Å²) in [4.78, 5) is 25.3. The predicted molar refractivity (Wildman–Crippen MR) is 51.4 cm³/mol. The molecule has 1 aromatic rings. The van der Waals surface area contributed by atoms with Crippen molar-refractivity contribution in [2.45, 2.75) is 19.1 Å². The van der Waals surface area contributed by atoms with Crippen LogP contribution in [0.5, 0.6) is 0 Å². The summed E-state index contributed by atoms with van der Waals surface area (Å²) in [5, 5.41) is 10.2. The molecule has 1 unspecified atom stereocenters. The second kappa shape index (κ2) is 4.70. The Balaban J connectivity index is 2.94. The van der Waals surface area contributed by atoms with E-state index >= 15 is 0 Å². The van der Waals surface area contributed by atoms with Crippen LogP contribution in [0.4, 0.5) is 13.2 Å². The smallest absolute Gasteiger partial charge is 0.471 e. The highest BCUT2D eigenvalue weighted by Gasteiger charge is 2.41. The van der Waals surface area contributed by atoms with Crippen molar-refractivity contribution in [1.29, 1.82) is 0 Å². The highest BCUT2D eigenvalue weighted by molar-refractivity contribution is 7.10. The van der Waals surface area contributed by atoms with Gasteiger partial charge < -0.3 is 10.4 Å². The van der Waals surface area contributed by atoms with Crippen molar-refractivity contribution in [2.24, 2.45) is 0 Å². The molecule has 0 radical (unpaired) electrons. The van der Waals surface area contributed by atoms with E-state index in [1.807, 2.05) is 0 Å². The van der Waals surface area contributed by atoms with Gasteiger partial charge in [0, 0.05) is 0 Å². The molecule has 5 nitrogen and oxygen atoms in total. The number of aryl methyl sites for hydroxylation is 1. The molecule has 0 fully saturated rings. The van der Waals surface area contributed by atoms with Crippen LogP contribution in [0.3, 0.4) is 0 Å². The lowest BCUT2D eigenvalue weighted by Gasteiger charge is -2.14. The quantitative estimate of drug-likeness (QED) is 0.864. The molecule has 2 N–H and O–H groups in total. The number of hydrogen-bond donors (Lipinski definition) is 2. The van der Waals surface area contributed by atoms with Gasteiger partial charge in [0.15, 0.2) is 6.04 Å². The van der Waals surface area contributed by atoms with Crippen LogP contribution in [0.15, 0.2) is 5.51 Å². The van der Waals surface area contributed by atoms with Crippen molar-refractivity contribution in [1.82, 2.24) is 10.3 Å². The first-order valence-electron chi connectivity index (χ1n) is 4.24. The standard InChI is InChI=1S/C8H7F3N2O3S/c1-3-5(17-2-12-3)4(6(14)15)13-7(16)8(9,10)11/h2,4H,1H3,(H,13,16)(H,14,15). The molecule has 0 aliphatic rings. The fourth-order valence-corrected chi connectivity index (χ4v) is 1.88. The zero-order valence-corrected chi connectivity index (χ0v) is 9.22. The third-order valence-corrected chi connectivity index (χ3v) is 2.82. The number of carbonyl (C=O) groups excluding carboxylic acids is 1. The molecular weight excluding hydrogens is 261 g/mol. The summed E-state index contributed by atoms with van der Waals surface area (Å²) in [6, 6.07) is -1.74. The van der Waals surface area contributed by atoms with Gasteiger partial charge in [0.05, 0.1) is 16.1 Å². The lowest BCUT2D eigenvalue weighted by molar-refractivity contribution is -0.175. The van der Waals surface area contributed by atoms with Crippen LogP contribution in [0.1, 0.15) is 16.6 Å². The molecule has 0 aromatic carbocycles. The number of aliphatic carboxylic acids is 1. The van der Waals surface area contributed by atoms with Crippen molar-refractivity contribution >= 4 is 23.2 Å². The molecule has 1 aromatic heterocycles. The summed E-state index contributed by atoms with van der Waals surface area (Å²) >= 11 is 0.865. The molecule has 1 heterocycles. The van der Waals surface area contributed by atoms with Crippen molar-refractivity contribution in [3.05, 3.63) is 16.1 Å². The number of hydrogen-bond acceptors (Lipinski definition) is 4. The van der Waals surface area contributed by atoms with Crippen molar-refractivity contribution in [3.8, 4) is 0 Å². The van der Waals surface area contributed by atoms with Gasteiger partial charge in [-0.2, -0.15) is 13.2 Å². The number of alkyl halides is 3. The Morgan fingerprint density at radius 2 is 2.12 bits per heavy atom. The van der Waals surface area contributed by atoms with Gasteiger partial charge in [0.25, 0.3) is 0 Å². The molecule has 94 valence electrons. The number of carboxylic acid groups (broad SMARTS) is 1. The van der Waals surface area contributed by atoms with Crippen LogP contribution in [-0.4, -0.2) is 28.1 Å². The minimum atomic E-state index is -5.12. The van der Waals surface area contributed by atoms with Gasteiger partial charge >= 0.3 is 18.1 Å². The fourth-order valence-electron chi connectivity index (χ4n) is 1.04. The number of nitrogens with one attached hydrogen (secondary N) is 1. The van der Waals surface area contributed by atoms with E-state index in [4.69, 9.17) is 5.11 Å². The van der Waals surface area contributed by atoms with Crippen molar-refractivity contribution in [3.63, 3.8) is 0 Å². The topological polar surface area (TPSA) is 79.3 Å². The van der Waals surface area contributed by atoms with Crippen LogP contribution >= 0.6 is 11.3 Å². The summed E-state index contributed by atoms with van der Waals surface area (Å²) in [5.41, 5.74) is 1.56. The molecule has 0 bridgehead atoms. The van der Waals surface area contributed by atoms with Gasteiger partial charge in [0.2, 0.25) is 0 Å². The number of carbonyl (C=O) groups is 2. The molecule has 17 heavy (non-hydrogen) atoms. The molecule has 0 saturated carbocycles. The molecule has 1 rings (SSSR count). The Labute approximate surface area is 97.3 Å². The lowest BCUT2D eigenvalue weighted by Crippen LogP contribution is -2.41. The summed E-state index contributed by atoms with van der Waals surface area (Å²) in [5.74, 6) is -3.87. The monoisotopic (exact) mass is 268 g/mol. The second-order valence-electron chi connectivity index (χ2n) is 3.04. The predicted octanol–water partition coefficient (Wildman–Crippen LogP) is 1.26. The number of rotatable bonds is 3. The van der Waals surface area contributed by atoms with E-state index < -0.39 is 24.1 Å². The first kappa shape index (κ1) is 13.4. The Hall–Kier alpha value is -1.64. The molecule has 0 saturated heterocycles. The molecule has 1 amide bonds. The van der Waals surface area contributed by atoms with Crippen LogP contribution in [0, 0.1) is 6.92 Å². The number of halogens is 3. The highest BCUT2D eigenvalue weighted by atomic mass is 32.1. The Morgan fingerprint density at radius 3 is 2.47 bits per heavy atom. The Bertz CT molecular complexity index is 443. The highest BCUT2D eigenvalue weighted by Crippen LogP contribution is 2.24. The minimum absolute atomic E-state index is 0.0649. The maximum Gasteiger partial charge on any atom is 0.471 e. The van der Waals surface area contributed by atoms with Crippen molar-refractivity contribution in [2.75, 3.05) is 0 Å². The van der Waals surface area contributed by atoms with Crippen LogP contribution in [0.2, 0.25) is 0 Å². The lowest BCUT2D eigenvalue weighted by atomic mass is 10.2. The maximum atomic E-state index is 12.0. The Kier molecular flexibility index (Phi) is 3.71. The summed E-state index contributed by atoms with van der Waals surface area (Å²) in [7, 11) is 0. The third-order valence-electron chi connectivity index (χ3n) is 1.82. The summed E-state index contributed by atoms with van der Waals surface area (Å²) in [6.07, 6.45) is -5.12. The zero-order chi connectivity index (χ0) is 13.2. The van der Waals surface area contributed by atoms with Crippen LogP contribution < -0.4 is 5.32 Å². The van der Waals surface area contributed by atoms with E-state index in [0.717, 1.165) is 11.3 Å². The fraction of sp³-hybridized carbons (Fsp3) is 0.375. The summed E-state index contributed by atoms with van der Waals surface area (Å²) in [6.45, 7) is 1.45. The van der Waals surface area contributed by atoms with Gasteiger partial charge in [-0.05, 0) is 6.92 Å². The first-order chi connectivity index (χ1) is 7.73. The molecule has 9 heteroatoms. The number of nitrogens with zero attached hydrogens (tertiary/aromatic N) is 1. The largest absolute Gasteiger partial charge is 0.479 e. The van der Waals surface area contributed by atoms with Gasteiger partial charge in [-0.15, -0.1) is 11.3 Å². The molecular formula is C8H7F3N2O3S. The van der Waals surface area contributed by atoms with Crippen LogP contribution in [0.25, 0.3) is 0 Å². The van der Waals surface area contributed by atoms with E-state index in [-0.39, 0.29) is 10.6 Å². The minimum Gasteiger partial charge on any atom is -0.479 e. The molecule has 0 aliphatic carbocycles. The first-order valence-corrected chi connectivity index (χ1v) is 5.12. The normalized spacial score (nSPS) is 13.2. The number of aromatic nitrogens is 1. The number of amides is 1. The van der Waals surface area contributed by atoms with Crippen LogP contribution in [-0.2, 0) is 9.59 Å². The van der Waals surface area contributed by atoms with E-state index in [9.17, 15) is 22.8 Å². The maximum absolute atomic E-state index is 12.0. The third kappa shape index (κ3) is 3.16. The molecule has 0 spiro atoms. The second-order valence-corrected chi connectivity index (χ2v) is 3.93. The van der Waals surface area contributed by atoms with E-state index in [1.165, 1.54) is 17.8 Å². The molecule has 0 aliphatic heterocycles. The van der Waals surface area contributed by atoms with Crippen molar-refractivity contribution < 1.29 is 27.9 Å². The SMILES string of the molecule is Cc1ncsc1C(NC(=O)C(F)(F)F)C(=O)O. The average Bonchev–Trinajstić information content (AvgIpc) is 2.58. The van der Waals surface area contributed by atoms with Gasteiger partial charge in [-0.3, -0.25) is 4.79 Å². The van der Waals surface area contributed by atoms with Gasteiger partial charge in [-0.25, -0.2) is 9.78 Å². The Morgan fingerprint density at radius 1 is 1.53 bits per heavy atom. The number of thiazole rings is 1. The van der Waals surface area contributed by atoms with E-state index in [0.29, 0.717) is 0 Å². The molecule has 1 atom stereocenters. The summed E-state index contributed by atoms with van der Waals surface area (Å²) < 4.78 is 36.0. The van der Waals surface area contributed by atoms with Gasteiger partial charge in [0.1, 0.15) is 0 Å².